The highest BCUT2D eigenvalue weighted by Crippen LogP contribution is 2.36. The van der Waals surface area contributed by atoms with E-state index in [9.17, 15) is 4.79 Å². The molecule has 0 aliphatic carbocycles. The topological polar surface area (TPSA) is 66.2 Å². The Hall–Kier alpha value is -3.15. The van der Waals surface area contributed by atoms with E-state index in [0.29, 0.717) is 23.5 Å². The van der Waals surface area contributed by atoms with Gasteiger partial charge in [-0.25, -0.2) is 4.68 Å². The molecule has 1 aliphatic rings. The molecular weight excluding hydrogens is 282 g/mol. The first-order valence-corrected chi connectivity index (χ1v) is 6.73. The molecule has 0 bridgehead atoms. The van der Waals surface area contributed by atoms with Gasteiger partial charge in [-0.2, -0.15) is 0 Å². The zero-order chi connectivity index (χ0) is 14.9. The average Bonchev–Trinajstić information content (AvgIpc) is 3.21. The first kappa shape index (κ1) is 12.6. The van der Waals surface area contributed by atoms with E-state index in [2.05, 4.69) is 10.3 Å². The van der Waals surface area contributed by atoms with E-state index in [0.717, 1.165) is 11.3 Å². The maximum Gasteiger partial charge on any atom is 0.231 e. The van der Waals surface area contributed by atoms with Crippen molar-refractivity contribution in [2.75, 3.05) is 6.79 Å². The van der Waals surface area contributed by atoms with Gasteiger partial charge < -0.3 is 9.47 Å². The van der Waals surface area contributed by atoms with Gasteiger partial charge in [0.1, 0.15) is 5.69 Å². The fraction of sp³-hybridized carbons (Fsp3) is 0.0625. The monoisotopic (exact) mass is 293 g/mol. The van der Waals surface area contributed by atoms with Gasteiger partial charge in [-0.1, -0.05) is 23.4 Å². The summed E-state index contributed by atoms with van der Waals surface area (Å²) in [7, 11) is 0. The number of carbonyl (C=O) groups is 1. The quantitative estimate of drug-likeness (QED) is 0.694. The van der Waals surface area contributed by atoms with Crippen molar-refractivity contribution in [1.82, 2.24) is 15.0 Å². The minimum Gasteiger partial charge on any atom is -0.454 e. The maximum absolute atomic E-state index is 11.3. The van der Waals surface area contributed by atoms with Crippen LogP contribution < -0.4 is 9.47 Å². The summed E-state index contributed by atoms with van der Waals surface area (Å²) < 4.78 is 12.3. The second kappa shape index (κ2) is 5.00. The Morgan fingerprint density at radius 2 is 1.86 bits per heavy atom. The summed E-state index contributed by atoms with van der Waals surface area (Å²) in [5.41, 5.74) is 2.53. The van der Waals surface area contributed by atoms with Gasteiger partial charge in [0.05, 0.1) is 5.69 Å². The van der Waals surface area contributed by atoms with E-state index in [-0.39, 0.29) is 12.5 Å². The van der Waals surface area contributed by atoms with Gasteiger partial charge in [0.25, 0.3) is 0 Å². The lowest BCUT2D eigenvalue weighted by Crippen LogP contribution is -1.99. The van der Waals surface area contributed by atoms with Crippen molar-refractivity contribution >= 4 is 6.29 Å². The molecule has 4 rings (SSSR count). The summed E-state index contributed by atoms with van der Waals surface area (Å²) in [5.74, 6) is 1.34. The summed E-state index contributed by atoms with van der Waals surface area (Å²) in [4.78, 5) is 11.3. The van der Waals surface area contributed by atoms with Crippen LogP contribution in [-0.4, -0.2) is 28.1 Å². The molecule has 0 saturated heterocycles. The average molecular weight is 293 g/mol. The van der Waals surface area contributed by atoms with Crippen LogP contribution in [0, 0.1) is 0 Å². The van der Waals surface area contributed by atoms with Crippen molar-refractivity contribution in [1.29, 1.82) is 0 Å². The number of fused-ring (bicyclic) bond motifs is 1. The van der Waals surface area contributed by atoms with Crippen LogP contribution >= 0.6 is 0 Å². The first-order chi connectivity index (χ1) is 10.9. The van der Waals surface area contributed by atoms with Gasteiger partial charge in [0.2, 0.25) is 6.79 Å². The summed E-state index contributed by atoms with van der Waals surface area (Å²) in [6.07, 6.45) is 0.701. The number of carbonyl (C=O) groups excluding carboxylic acids is 1. The standard InChI is InChI=1S/C16H11N3O3/c20-9-13-16(11-6-7-14-15(8-11)22-10-21-14)19(18-17-13)12-4-2-1-3-5-12/h1-9H,10H2. The molecule has 0 spiro atoms. The number of aromatic nitrogens is 3. The van der Waals surface area contributed by atoms with Gasteiger partial charge >= 0.3 is 0 Å². The Balaban J connectivity index is 1.90. The molecular formula is C16H11N3O3. The fourth-order valence-electron chi connectivity index (χ4n) is 2.44. The van der Waals surface area contributed by atoms with Crippen molar-refractivity contribution in [3.05, 3.63) is 54.2 Å². The molecule has 0 atom stereocenters. The minimum absolute atomic E-state index is 0.204. The lowest BCUT2D eigenvalue weighted by molar-refractivity contribution is 0.111. The third kappa shape index (κ3) is 1.93. The Morgan fingerprint density at radius 1 is 1.05 bits per heavy atom. The zero-order valence-corrected chi connectivity index (χ0v) is 11.5. The van der Waals surface area contributed by atoms with Gasteiger partial charge in [-0.05, 0) is 30.3 Å². The number of ether oxygens (including phenoxy) is 2. The second-order valence-corrected chi connectivity index (χ2v) is 4.76. The number of hydrogen-bond acceptors (Lipinski definition) is 5. The predicted octanol–water partition coefficient (Wildman–Crippen LogP) is 2.48. The maximum atomic E-state index is 11.3. The van der Waals surface area contributed by atoms with Crippen molar-refractivity contribution in [3.63, 3.8) is 0 Å². The van der Waals surface area contributed by atoms with Crippen molar-refractivity contribution in [2.24, 2.45) is 0 Å². The summed E-state index contributed by atoms with van der Waals surface area (Å²) in [6, 6.07) is 15.0. The largest absolute Gasteiger partial charge is 0.454 e. The lowest BCUT2D eigenvalue weighted by atomic mass is 10.1. The van der Waals surface area contributed by atoms with Crippen LogP contribution in [0.2, 0.25) is 0 Å². The Bertz CT molecular complexity index is 843. The predicted molar refractivity (Wildman–Crippen MR) is 78.3 cm³/mol. The smallest absolute Gasteiger partial charge is 0.231 e. The van der Waals surface area contributed by atoms with Crippen LogP contribution in [0.3, 0.4) is 0 Å². The number of rotatable bonds is 3. The van der Waals surface area contributed by atoms with E-state index < -0.39 is 0 Å². The minimum atomic E-state index is 0.204. The van der Waals surface area contributed by atoms with E-state index in [1.807, 2.05) is 48.5 Å². The highest BCUT2D eigenvalue weighted by atomic mass is 16.7. The summed E-state index contributed by atoms with van der Waals surface area (Å²) >= 11 is 0. The highest BCUT2D eigenvalue weighted by Gasteiger charge is 2.20. The van der Waals surface area contributed by atoms with Gasteiger partial charge in [0.15, 0.2) is 23.5 Å². The Morgan fingerprint density at radius 3 is 2.68 bits per heavy atom. The molecule has 0 saturated carbocycles. The molecule has 6 heteroatoms. The first-order valence-electron chi connectivity index (χ1n) is 6.73. The SMILES string of the molecule is O=Cc1nnn(-c2ccccc2)c1-c1ccc2c(c1)OCO2. The molecule has 0 amide bonds. The molecule has 1 aliphatic heterocycles. The molecule has 0 unspecified atom stereocenters. The van der Waals surface area contributed by atoms with Crippen LogP contribution in [0.25, 0.3) is 16.9 Å². The third-order valence-electron chi connectivity index (χ3n) is 3.45. The molecule has 2 heterocycles. The summed E-state index contributed by atoms with van der Waals surface area (Å²) in [6.45, 7) is 0.204. The van der Waals surface area contributed by atoms with Crippen molar-refractivity contribution in [3.8, 4) is 28.4 Å². The van der Waals surface area contributed by atoms with Crippen molar-refractivity contribution in [2.45, 2.75) is 0 Å². The molecule has 3 aromatic rings. The number of hydrogen-bond donors (Lipinski definition) is 0. The van der Waals surface area contributed by atoms with Crippen LogP contribution in [0.4, 0.5) is 0 Å². The van der Waals surface area contributed by atoms with Crippen LogP contribution in [0.15, 0.2) is 48.5 Å². The van der Waals surface area contributed by atoms with Gasteiger partial charge in [-0.3, -0.25) is 4.79 Å². The molecule has 0 radical (unpaired) electrons. The molecule has 1 aromatic heterocycles. The normalized spacial score (nSPS) is 12.4. The van der Waals surface area contributed by atoms with E-state index in [1.165, 1.54) is 0 Å². The van der Waals surface area contributed by atoms with Gasteiger partial charge in [0, 0.05) is 5.56 Å². The van der Waals surface area contributed by atoms with Crippen LogP contribution in [0.5, 0.6) is 11.5 Å². The van der Waals surface area contributed by atoms with Gasteiger partial charge in [-0.15, -0.1) is 5.10 Å². The molecule has 0 fully saturated rings. The molecule has 22 heavy (non-hydrogen) atoms. The Labute approximate surface area is 125 Å². The zero-order valence-electron chi connectivity index (χ0n) is 11.5. The molecule has 0 N–H and O–H groups in total. The van der Waals surface area contributed by atoms with Crippen molar-refractivity contribution < 1.29 is 14.3 Å². The molecule has 6 nitrogen and oxygen atoms in total. The highest BCUT2D eigenvalue weighted by molar-refractivity contribution is 5.84. The Kier molecular flexibility index (Phi) is 2.86. The van der Waals surface area contributed by atoms with E-state index >= 15 is 0 Å². The van der Waals surface area contributed by atoms with E-state index in [4.69, 9.17) is 9.47 Å². The summed E-state index contributed by atoms with van der Waals surface area (Å²) in [5, 5.41) is 8.04. The van der Waals surface area contributed by atoms with Crippen LogP contribution in [0.1, 0.15) is 10.5 Å². The lowest BCUT2D eigenvalue weighted by Gasteiger charge is -2.07. The third-order valence-corrected chi connectivity index (χ3v) is 3.45. The fourth-order valence-corrected chi connectivity index (χ4v) is 2.44. The van der Waals surface area contributed by atoms with E-state index in [1.54, 1.807) is 4.68 Å². The molecule has 108 valence electrons. The number of nitrogens with zero attached hydrogens (tertiary/aromatic N) is 3. The molecule has 2 aromatic carbocycles. The number of aldehydes is 1. The second-order valence-electron chi connectivity index (χ2n) is 4.76. The van der Waals surface area contributed by atoms with Crippen LogP contribution in [-0.2, 0) is 0 Å². The number of para-hydroxylation sites is 1. The number of benzene rings is 2.